The average Bonchev–Trinajstić information content (AvgIpc) is 2.90. The highest BCUT2D eigenvalue weighted by Gasteiger charge is 2.31. The first-order valence-electron chi connectivity index (χ1n) is 13.3. The summed E-state index contributed by atoms with van der Waals surface area (Å²) in [7, 11) is 0. The third kappa shape index (κ3) is 8.44. The van der Waals surface area contributed by atoms with Crippen molar-refractivity contribution >= 4 is 11.8 Å². The summed E-state index contributed by atoms with van der Waals surface area (Å²) in [5.41, 5.74) is 2.41. The third-order valence-electron chi connectivity index (χ3n) is 6.48. The largest absolute Gasteiger partial charge is 0.484 e. The highest BCUT2D eigenvalue weighted by atomic mass is 19.1. The van der Waals surface area contributed by atoms with Crippen molar-refractivity contribution in [2.45, 2.75) is 65.0 Å². The summed E-state index contributed by atoms with van der Waals surface area (Å²) in [5.74, 6) is -0.515. The van der Waals surface area contributed by atoms with Gasteiger partial charge < -0.3 is 15.0 Å². The minimum Gasteiger partial charge on any atom is -0.484 e. The lowest BCUT2D eigenvalue weighted by Crippen LogP contribution is -2.52. The molecule has 3 aromatic rings. The van der Waals surface area contributed by atoms with Crippen molar-refractivity contribution in [1.82, 2.24) is 10.2 Å². The van der Waals surface area contributed by atoms with Gasteiger partial charge in [0.2, 0.25) is 5.91 Å². The summed E-state index contributed by atoms with van der Waals surface area (Å²) < 4.78 is 20.5. The maximum atomic E-state index is 14.7. The van der Waals surface area contributed by atoms with Crippen LogP contribution < -0.4 is 10.1 Å². The van der Waals surface area contributed by atoms with Gasteiger partial charge in [0.15, 0.2) is 6.61 Å². The molecule has 1 N–H and O–H groups in total. The smallest absolute Gasteiger partial charge is 0.261 e. The topological polar surface area (TPSA) is 58.6 Å². The monoisotopic (exact) mass is 518 g/mol. The summed E-state index contributed by atoms with van der Waals surface area (Å²) in [6.07, 6.45) is 2.07. The molecule has 0 aliphatic rings. The van der Waals surface area contributed by atoms with Crippen LogP contribution in [0.4, 0.5) is 4.39 Å². The molecule has 38 heavy (non-hydrogen) atoms. The molecule has 6 heteroatoms. The van der Waals surface area contributed by atoms with Gasteiger partial charge in [-0.1, -0.05) is 94.8 Å². The quantitative estimate of drug-likeness (QED) is 0.297. The first-order valence-corrected chi connectivity index (χ1v) is 13.3. The Bertz CT molecular complexity index is 1170. The van der Waals surface area contributed by atoms with E-state index in [1.54, 1.807) is 18.2 Å². The van der Waals surface area contributed by atoms with Crippen molar-refractivity contribution < 1.29 is 18.7 Å². The predicted molar refractivity (Wildman–Crippen MR) is 149 cm³/mol. The van der Waals surface area contributed by atoms with Gasteiger partial charge in [-0.2, -0.15) is 0 Å². The Labute approximate surface area is 226 Å². The summed E-state index contributed by atoms with van der Waals surface area (Å²) in [6, 6.07) is 22.7. The standard InChI is InChI=1S/C32H39FN2O3/c1-5-6-20-34-31(37)29(21-24-12-8-7-9-13-24)35(22-25-14-10-11-15-28(25)33)30(36)23-38-27-18-16-26(17-19-27)32(2,3)4/h7-19,29H,5-6,20-23H2,1-4H3,(H,34,37)/t29-/m0/s1. The number of halogens is 1. The van der Waals surface area contributed by atoms with E-state index in [9.17, 15) is 14.0 Å². The van der Waals surface area contributed by atoms with Crippen LogP contribution in [-0.4, -0.2) is 35.9 Å². The number of rotatable bonds is 12. The molecule has 0 unspecified atom stereocenters. The van der Waals surface area contributed by atoms with Crippen molar-refractivity contribution in [3.05, 3.63) is 101 Å². The molecule has 1 atom stereocenters. The molecule has 0 aliphatic heterocycles. The fourth-order valence-electron chi connectivity index (χ4n) is 4.15. The number of hydrogen-bond donors (Lipinski definition) is 1. The van der Waals surface area contributed by atoms with E-state index in [1.165, 1.54) is 11.0 Å². The second-order valence-corrected chi connectivity index (χ2v) is 10.5. The molecule has 0 saturated carbocycles. The fourth-order valence-corrected chi connectivity index (χ4v) is 4.15. The van der Waals surface area contributed by atoms with Crippen LogP contribution in [-0.2, 0) is 28.0 Å². The Hall–Kier alpha value is -3.67. The number of hydrogen-bond acceptors (Lipinski definition) is 3. The van der Waals surface area contributed by atoms with Gasteiger partial charge in [-0.05, 0) is 41.2 Å². The molecule has 0 fully saturated rings. The molecule has 3 rings (SSSR count). The number of nitrogens with one attached hydrogen (secondary N) is 1. The number of amides is 2. The SMILES string of the molecule is CCCCNC(=O)[C@H](Cc1ccccc1)N(Cc1ccccc1F)C(=O)COc1ccc(C(C)(C)C)cc1. The zero-order valence-corrected chi connectivity index (χ0v) is 22.9. The van der Waals surface area contributed by atoms with Crippen LogP contribution in [0.5, 0.6) is 5.75 Å². The van der Waals surface area contributed by atoms with Crippen LogP contribution in [0, 0.1) is 5.82 Å². The maximum absolute atomic E-state index is 14.7. The number of carbonyl (C=O) groups excluding carboxylic acids is 2. The molecule has 0 bridgehead atoms. The van der Waals surface area contributed by atoms with Crippen molar-refractivity contribution in [2.24, 2.45) is 0 Å². The number of ether oxygens (including phenoxy) is 1. The van der Waals surface area contributed by atoms with Crippen LogP contribution in [0.25, 0.3) is 0 Å². The van der Waals surface area contributed by atoms with Crippen molar-refractivity contribution in [3.8, 4) is 5.75 Å². The Kier molecular flexibility index (Phi) is 10.5. The van der Waals surface area contributed by atoms with Gasteiger partial charge >= 0.3 is 0 Å². The molecule has 202 valence electrons. The van der Waals surface area contributed by atoms with E-state index in [4.69, 9.17) is 4.74 Å². The predicted octanol–water partition coefficient (Wildman–Crippen LogP) is 6.06. The van der Waals surface area contributed by atoms with Crippen LogP contribution in [0.15, 0.2) is 78.9 Å². The second-order valence-electron chi connectivity index (χ2n) is 10.5. The van der Waals surface area contributed by atoms with Crippen LogP contribution >= 0.6 is 0 Å². The molecule has 3 aromatic carbocycles. The van der Waals surface area contributed by atoms with Crippen molar-refractivity contribution in [2.75, 3.05) is 13.2 Å². The second kappa shape index (κ2) is 13.8. The molecule has 0 aromatic heterocycles. The van der Waals surface area contributed by atoms with Crippen LogP contribution in [0.1, 0.15) is 57.2 Å². The Morgan fingerprint density at radius 3 is 2.24 bits per heavy atom. The Morgan fingerprint density at radius 2 is 1.61 bits per heavy atom. The fraction of sp³-hybridized carbons (Fsp3) is 0.375. The lowest BCUT2D eigenvalue weighted by molar-refractivity contribution is -0.142. The van der Waals surface area contributed by atoms with Gasteiger partial charge in [-0.3, -0.25) is 9.59 Å². The molecule has 0 saturated heterocycles. The van der Waals surface area contributed by atoms with E-state index in [2.05, 4.69) is 26.1 Å². The van der Waals surface area contributed by atoms with Gasteiger partial charge in [0.1, 0.15) is 17.6 Å². The van der Waals surface area contributed by atoms with E-state index < -0.39 is 11.9 Å². The number of carbonyl (C=O) groups is 2. The van der Waals surface area contributed by atoms with Crippen LogP contribution in [0.3, 0.4) is 0 Å². The van der Waals surface area contributed by atoms with Gasteiger partial charge in [-0.15, -0.1) is 0 Å². The Balaban J connectivity index is 1.87. The summed E-state index contributed by atoms with van der Waals surface area (Å²) in [6.45, 7) is 8.64. The van der Waals surface area contributed by atoms with E-state index in [-0.39, 0.29) is 30.4 Å². The Morgan fingerprint density at radius 1 is 0.947 bits per heavy atom. The molecule has 5 nitrogen and oxygen atoms in total. The van der Waals surface area contributed by atoms with Crippen LogP contribution in [0.2, 0.25) is 0 Å². The highest BCUT2D eigenvalue weighted by Crippen LogP contribution is 2.24. The highest BCUT2D eigenvalue weighted by molar-refractivity contribution is 5.88. The zero-order valence-electron chi connectivity index (χ0n) is 22.9. The minimum atomic E-state index is -0.826. The number of nitrogens with zero attached hydrogens (tertiary/aromatic N) is 1. The molecular weight excluding hydrogens is 479 g/mol. The number of unbranched alkanes of at least 4 members (excludes halogenated alkanes) is 1. The van der Waals surface area contributed by atoms with Gasteiger partial charge in [0, 0.05) is 25.1 Å². The van der Waals surface area contributed by atoms with E-state index in [0.29, 0.717) is 24.3 Å². The van der Waals surface area contributed by atoms with Gasteiger partial charge in [0.05, 0.1) is 0 Å². The van der Waals surface area contributed by atoms with E-state index >= 15 is 0 Å². The molecular formula is C32H39FN2O3. The summed E-state index contributed by atoms with van der Waals surface area (Å²) >= 11 is 0. The van der Waals surface area contributed by atoms with Gasteiger partial charge in [-0.25, -0.2) is 4.39 Å². The molecule has 0 aliphatic carbocycles. The van der Waals surface area contributed by atoms with Gasteiger partial charge in [0.25, 0.3) is 5.91 Å². The van der Waals surface area contributed by atoms with Crippen molar-refractivity contribution in [1.29, 1.82) is 0 Å². The lowest BCUT2D eigenvalue weighted by Gasteiger charge is -2.31. The lowest BCUT2D eigenvalue weighted by atomic mass is 9.87. The third-order valence-corrected chi connectivity index (χ3v) is 6.48. The minimum absolute atomic E-state index is 0.000697. The normalized spacial score (nSPS) is 12.0. The van der Waals surface area contributed by atoms with E-state index in [0.717, 1.165) is 24.0 Å². The first kappa shape index (κ1) is 28.9. The maximum Gasteiger partial charge on any atom is 0.261 e. The molecule has 0 heterocycles. The molecule has 0 spiro atoms. The summed E-state index contributed by atoms with van der Waals surface area (Å²) in [5, 5.41) is 2.97. The van der Waals surface area contributed by atoms with E-state index in [1.807, 2.05) is 61.5 Å². The molecule has 2 amide bonds. The van der Waals surface area contributed by atoms with Crippen molar-refractivity contribution in [3.63, 3.8) is 0 Å². The first-order chi connectivity index (χ1) is 18.2. The number of benzene rings is 3. The average molecular weight is 519 g/mol. The summed E-state index contributed by atoms with van der Waals surface area (Å²) in [4.78, 5) is 28.5. The molecule has 0 radical (unpaired) electrons. The zero-order chi connectivity index (χ0) is 27.5.